The summed E-state index contributed by atoms with van der Waals surface area (Å²) in [5, 5.41) is 19.5. The molecule has 1 rings (SSSR count). The van der Waals surface area contributed by atoms with E-state index >= 15 is 0 Å². The summed E-state index contributed by atoms with van der Waals surface area (Å²) in [7, 11) is 0. The van der Waals surface area contributed by atoms with E-state index in [1.165, 1.54) is 6.21 Å². The lowest BCUT2D eigenvalue weighted by atomic mass is 10.1. The van der Waals surface area contributed by atoms with E-state index in [2.05, 4.69) is 10.6 Å². The Kier molecular flexibility index (Phi) is 3.25. The normalized spacial score (nSPS) is 10.8. The highest BCUT2D eigenvalue weighted by molar-refractivity contribution is 5.78. The fourth-order valence-corrected chi connectivity index (χ4v) is 0.880. The number of nitrogens with one attached hydrogen (secondary N) is 1. The first kappa shape index (κ1) is 8.70. The molecule has 0 atom stereocenters. The molecule has 1 aromatic carbocycles. The number of rotatable bonds is 3. The Balaban J connectivity index is 2.71. The summed E-state index contributed by atoms with van der Waals surface area (Å²) in [6.07, 6.45) is 1.34. The molecule has 64 valence electrons. The van der Waals surface area contributed by atoms with Crippen LogP contribution in [0.4, 0.5) is 0 Å². The van der Waals surface area contributed by atoms with Crippen LogP contribution in [0, 0.1) is 0 Å². The number of hydrogen-bond donors (Lipinski definition) is 3. The van der Waals surface area contributed by atoms with Gasteiger partial charge >= 0.3 is 0 Å². The highest BCUT2D eigenvalue weighted by Crippen LogP contribution is 2.01. The van der Waals surface area contributed by atoms with E-state index in [4.69, 9.17) is 10.4 Å². The topological polar surface area (TPSA) is 64.9 Å². The number of oxime groups is 1. The maximum Gasteiger partial charge on any atom is 0.0733 e. The number of nitrogens with zero attached hydrogens (tertiary/aromatic N) is 1. The highest BCUT2D eigenvalue weighted by Gasteiger charge is 1.90. The Morgan fingerprint density at radius 1 is 1.33 bits per heavy atom. The maximum absolute atomic E-state index is 8.38. The first-order valence-corrected chi connectivity index (χ1v) is 3.50. The molecule has 0 aliphatic heterocycles. The third kappa shape index (κ3) is 2.34. The van der Waals surface area contributed by atoms with Crippen LogP contribution < -0.4 is 5.48 Å². The van der Waals surface area contributed by atoms with Crippen molar-refractivity contribution in [2.45, 2.75) is 6.54 Å². The van der Waals surface area contributed by atoms with Crippen LogP contribution in [0.15, 0.2) is 29.4 Å². The number of hydroxylamine groups is 1. The van der Waals surface area contributed by atoms with Gasteiger partial charge in [0, 0.05) is 6.54 Å². The predicted molar refractivity (Wildman–Crippen MR) is 44.4 cm³/mol. The number of benzene rings is 1. The summed E-state index contributed by atoms with van der Waals surface area (Å²) in [6.45, 7) is 0.413. The van der Waals surface area contributed by atoms with Gasteiger partial charge in [-0.05, 0) is 11.1 Å². The van der Waals surface area contributed by atoms with Crippen LogP contribution in [0.3, 0.4) is 0 Å². The monoisotopic (exact) mass is 166 g/mol. The van der Waals surface area contributed by atoms with Crippen molar-refractivity contribution in [3.63, 3.8) is 0 Å². The van der Waals surface area contributed by atoms with Crippen molar-refractivity contribution in [3.8, 4) is 0 Å². The third-order valence-corrected chi connectivity index (χ3v) is 1.47. The molecule has 0 fully saturated rings. The average molecular weight is 166 g/mol. The van der Waals surface area contributed by atoms with E-state index in [-0.39, 0.29) is 0 Å². The largest absolute Gasteiger partial charge is 0.411 e. The van der Waals surface area contributed by atoms with Gasteiger partial charge in [-0.1, -0.05) is 29.4 Å². The van der Waals surface area contributed by atoms with Gasteiger partial charge in [0.15, 0.2) is 0 Å². The summed E-state index contributed by atoms with van der Waals surface area (Å²) >= 11 is 0. The summed E-state index contributed by atoms with van der Waals surface area (Å²) in [5.41, 5.74) is 3.84. The first-order chi connectivity index (χ1) is 5.86. The molecule has 0 aromatic heterocycles. The van der Waals surface area contributed by atoms with E-state index in [1.807, 2.05) is 12.1 Å². The van der Waals surface area contributed by atoms with Crippen LogP contribution in [-0.4, -0.2) is 16.6 Å². The quantitative estimate of drug-likeness (QED) is 0.356. The molecule has 0 saturated carbocycles. The van der Waals surface area contributed by atoms with E-state index in [0.717, 1.165) is 11.1 Å². The molecule has 0 heterocycles. The van der Waals surface area contributed by atoms with Crippen molar-refractivity contribution in [1.82, 2.24) is 5.48 Å². The zero-order valence-electron chi connectivity index (χ0n) is 6.44. The zero-order chi connectivity index (χ0) is 8.81. The van der Waals surface area contributed by atoms with Crippen molar-refractivity contribution in [2.24, 2.45) is 5.16 Å². The van der Waals surface area contributed by atoms with Crippen molar-refractivity contribution in [1.29, 1.82) is 0 Å². The van der Waals surface area contributed by atoms with Gasteiger partial charge in [-0.2, -0.15) is 0 Å². The van der Waals surface area contributed by atoms with Crippen molar-refractivity contribution in [2.75, 3.05) is 0 Å². The molecule has 4 heteroatoms. The molecule has 4 nitrogen and oxygen atoms in total. The van der Waals surface area contributed by atoms with Gasteiger partial charge < -0.3 is 10.4 Å². The molecule has 0 bridgehead atoms. The molecule has 0 aliphatic rings. The van der Waals surface area contributed by atoms with Crippen LogP contribution in [0.25, 0.3) is 0 Å². The van der Waals surface area contributed by atoms with Crippen molar-refractivity contribution in [3.05, 3.63) is 35.4 Å². The fourth-order valence-electron chi connectivity index (χ4n) is 0.880. The number of hydrogen-bond acceptors (Lipinski definition) is 4. The average Bonchev–Trinajstić information content (AvgIpc) is 2.09. The second kappa shape index (κ2) is 4.48. The summed E-state index contributed by atoms with van der Waals surface area (Å²) < 4.78 is 0. The Bertz CT molecular complexity index is 256. The van der Waals surface area contributed by atoms with Gasteiger partial charge in [-0.15, -0.1) is 0 Å². The predicted octanol–water partition coefficient (Wildman–Crippen LogP) is 0.974. The van der Waals surface area contributed by atoms with Gasteiger partial charge in [-0.25, -0.2) is 5.48 Å². The second-order valence-electron chi connectivity index (χ2n) is 2.32. The third-order valence-electron chi connectivity index (χ3n) is 1.47. The van der Waals surface area contributed by atoms with Crippen LogP contribution in [0.1, 0.15) is 11.1 Å². The smallest absolute Gasteiger partial charge is 0.0733 e. The Hall–Kier alpha value is -1.39. The molecule has 3 N–H and O–H groups in total. The van der Waals surface area contributed by atoms with Gasteiger partial charge in [0.25, 0.3) is 0 Å². The molecule has 1 aromatic rings. The second-order valence-corrected chi connectivity index (χ2v) is 2.32. The van der Waals surface area contributed by atoms with Crippen LogP contribution in [-0.2, 0) is 6.54 Å². The van der Waals surface area contributed by atoms with Crippen LogP contribution in [0.5, 0.6) is 0 Å². The molecule has 0 radical (unpaired) electrons. The van der Waals surface area contributed by atoms with Crippen LogP contribution in [0.2, 0.25) is 0 Å². The lowest BCUT2D eigenvalue weighted by Gasteiger charge is -1.98. The molecule has 0 aliphatic carbocycles. The Labute approximate surface area is 70.1 Å². The lowest BCUT2D eigenvalue weighted by Crippen LogP contribution is -2.05. The van der Waals surface area contributed by atoms with E-state index < -0.39 is 0 Å². The molecule has 12 heavy (non-hydrogen) atoms. The van der Waals surface area contributed by atoms with Crippen LogP contribution >= 0.6 is 0 Å². The fraction of sp³-hybridized carbons (Fsp3) is 0.125. The summed E-state index contributed by atoms with van der Waals surface area (Å²) in [6, 6.07) is 7.26. The maximum atomic E-state index is 8.38. The van der Waals surface area contributed by atoms with E-state index in [1.54, 1.807) is 12.1 Å². The minimum absolute atomic E-state index is 0.413. The molecule has 0 spiro atoms. The molecule has 0 saturated heterocycles. The van der Waals surface area contributed by atoms with Gasteiger partial charge in [0.1, 0.15) is 0 Å². The summed E-state index contributed by atoms with van der Waals surface area (Å²) in [5.74, 6) is 0. The molecule has 0 amide bonds. The Morgan fingerprint density at radius 2 is 2.00 bits per heavy atom. The van der Waals surface area contributed by atoms with Crippen molar-refractivity contribution < 1.29 is 10.4 Å². The Morgan fingerprint density at radius 3 is 2.50 bits per heavy atom. The van der Waals surface area contributed by atoms with Gasteiger partial charge in [-0.3, -0.25) is 0 Å². The molecular formula is C8H10N2O2. The highest BCUT2D eigenvalue weighted by atomic mass is 16.5. The molecular weight excluding hydrogens is 156 g/mol. The standard InChI is InChI=1S/C8H10N2O2/c11-9-5-7-1-2-8(4-3-7)6-10-12/h1-5,10-12H,6H2/b9-5+. The summed E-state index contributed by atoms with van der Waals surface area (Å²) in [4.78, 5) is 0. The lowest BCUT2D eigenvalue weighted by molar-refractivity contribution is 0.161. The minimum Gasteiger partial charge on any atom is -0.411 e. The van der Waals surface area contributed by atoms with Gasteiger partial charge in [0.2, 0.25) is 0 Å². The molecule has 0 unspecified atom stereocenters. The van der Waals surface area contributed by atoms with E-state index in [9.17, 15) is 0 Å². The van der Waals surface area contributed by atoms with Gasteiger partial charge in [0.05, 0.1) is 6.21 Å². The first-order valence-electron chi connectivity index (χ1n) is 3.50. The van der Waals surface area contributed by atoms with E-state index in [0.29, 0.717) is 6.54 Å². The minimum atomic E-state index is 0.413. The SMILES string of the molecule is O/N=C/c1ccc(CNO)cc1. The zero-order valence-corrected chi connectivity index (χ0v) is 6.44. The van der Waals surface area contributed by atoms with Crippen molar-refractivity contribution >= 4 is 6.21 Å².